The van der Waals surface area contributed by atoms with E-state index in [2.05, 4.69) is 51.8 Å². The summed E-state index contributed by atoms with van der Waals surface area (Å²) in [6.45, 7) is 9.32. The van der Waals surface area contributed by atoms with Crippen molar-refractivity contribution in [2.24, 2.45) is 5.92 Å². The lowest BCUT2D eigenvalue weighted by Crippen LogP contribution is -2.42. The minimum atomic E-state index is -0.561. The number of aldehydes is 2. The Hall–Kier alpha value is -3.48. The lowest BCUT2D eigenvalue weighted by atomic mass is 10.0. The van der Waals surface area contributed by atoms with Crippen LogP contribution in [-0.4, -0.2) is 59.3 Å². The van der Waals surface area contributed by atoms with Crippen molar-refractivity contribution in [2.45, 2.75) is 59.0 Å². The number of rotatable bonds is 7. The van der Waals surface area contributed by atoms with Crippen LogP contribution in [0.3, 0.4) is 0 Å². The summed E-state index contributed by atoms with van der Waals surface area (Å²) in [6, 6.07) is 10.3. The van der Waals surface area contributed by atoms with Gasteiger partial charge in [-0.3, -0.25) is 19.6 Å². The van der Waals surface area contributed by atoms with Crippen molar-refractivity contribution in [1.29, 1.82) is 5.26 Å². The topological polar surface area (TPSA) is 145 Å². The van der Waals surface area contributed by atoms with Crippen molar-refractivity contribution < 1.29 is 19.5 Å². The zero-order chi connectivity index (χ0) is 27.3. The predicted molar refractivity (Wildman–Crippen MR) is 137 cm³/mol. The Bertz CT molecular complexity index is 893. The molecular formula is C26H39N5O4. The van der Waals surface area contributed by atoms with Gasteiger partial charge in [-0.05, 0) is 60.1 Å². The molecule has 0 aliphatic rings. The summed E-state index contributed by atoms with van der Waals surface area (Å²) >= 11 is 0. The van der Waals surface area contributed by atoms with Crippen molar-refractivity contribution in [3.05, 3.63) is 59.7 Å². The molecule has 0 aliphatic heterocycles. The summed E-state index contributed by atoms with van der Waals surface area (Å²) in [5.41, 5.74) is 2.69. The van der Waals surface area contributed by atoms with Crippen LogP contribution >= 0.6 is 0 Å². The molecule has 9 heteroatoms. The fourth-order valence-corrected chi connectivity index (χ4v) is 2.38. The molecule has 1 aromatic heterocycles. The second kappa shape index (κ2) is 19.9. The second-order valence-electron chi connectivity index (χ2n) is 8.40. The van der Waals surface area contributed by atoms with Crippen LogP contribution in [0.1, 0.15) is 55.7 Å². The first-order valence-electron chi connectivity index (χ1n) is 11.1. The van der Waals surface area contributed by atoms with Gasteiger partial charge < -0.3 is 20.5 Å². The molecule has 35 heavy (non-hydrogen) atoms. The lowest BCUT2D eigenvalue weighted by Gasteiger charge is -2.20. The SMILES string of the molecule is CC(C#N)C(=O)NC(C)(C)C.CNC(C=O)CCc1cccc(C)c1.CO.O=Cc1cnccn1. The largest absolute Gasteiger partial charge is 0.400 e. The van der Waals surface area contributed by atoms with Gasteiger partial charge in [-0.15, -0.1) is 0 Å². The number of amides is 1. The van der Waals surface area contributed by atoms with E-state index in [9.17, 15) is 14.4 Å². The average molecular weight is 486 g/mol. The number of likely N-dealkylation sites (N-methyl/N-ethyl adjacent to an activating group) is 1. The molecule has 0 radical (unpaired) electrons. The van der Waals surface area contributed by atoms with Gasteiger partial charge >= 0.3 is 0 Å². The van der Waals surface area contributed by atoms with E-state index in [1.807, 2.05) is 33.9 Å². The van der Waals surface area contributed by atoms with E-state index < -0.39 is 5.92 Å². The molecule has 0 fully saturated rings. The molecule has 1 amide bonds. The van der Waals surface area contributed by atoms with Crippen molar-refractivity contribution in [3.8, 4) is 6.07 Å². The Morgan fingerprint density at radius 2 is 1.89 bits per heavy atom. The van der Waals surface area contributed by atoms with Gasteiger partial charge in [0.1, 0.15) is 17.9 Å². The van der Waals surface area contributed by atoms with Gasteiger partial charge in [-0.25, -0.2) is 0 Å². The standard InChI is InChI=1S/C12H17NO.C8H14N2O.C5H4N2O.CH4O/c1-10-4-3-5-11(8-10)6-7-12(9-14)13-2;1-6(5-9)7(11)10-8(2,3)4;8-4-5-3-6-1-2-7-5;1-2/h3-5,8-9,12-13H,6-7H2,1-2H3;6H,1-4H3,(H,10,11);1-4H;2H,1H3. The summed E-state index contributed by atoms with van der Waals surface area (Å²) in [5, 5.41) is 21.1. The van der Waals surface area contributed by atoms with Crippen LogP contribution in [0, 0.1) is 24.2 Å². The number of hydrogen-bond donors (Lipinski definition) is 3. The van der Waals surface area contributed by atoms with Gasteiger partial charge in [-0.1, -0.05) is 29.8 Å². The molecule has 0 spiro atoms. The Kier molecular flexibility index (Phi) is 19.2. The van der Waals surface area contributed by atoms with Gasteiger partial charge in [-0.2, -0.15) is 5.26 Å². The molecule has 2 atom stereocenters. The summed E-state index contributed by atoms with van der Waals surface area (Å²) in [4.78, 5) is 38.9. The average Bonchev–Trinajstić information content (AvgIpc) is 2.85. The maximum atomic E-state index is 11.1. The number of nitrogens with zero attached hydrogens (tertiary/aromatic N) is 3. The highest BCUT2D eigenvalue weighted by Crippen LogP contribution is 2.07. The number of nitriles is 1. The third kappa shape index (κ3) is 18.6. The summed E-state index contributed by atoms with van der Waals surface area (Å²) < 4.78 is 0. The van der Waals surface area contributed by atoms with Gasteiger partial charge in [0, 0.05) is 25.0 Å². The van der Waals surface area contributed by atoms with Gasteiger partial charge in [0.05, 0.1) is 18.3 Å². The van der Waals surface area contributed by atoms with Crippen LogP contribution < -0.4 is 10.6 Å². The number of aliphatic hydroxyl groups is 1. The quantitative estimate of drug-likeness (QED) is 0.508. The fraction of sp³-hybridized carbons (Fsp3) is 0.462. The predicted octanol–water partition coefficient (Wildman–Crippen LogP) is 2.67. The molecular weight excluding hydrogens is 446 g/mol. The van der Waals surface area contributed by atoms with Crippen molar-refractivity contribution in [2.75, 3.05) is 14.2 Å². The molecule has 0 bridgehead atoms. The van der Waals surface area contributed by atoms with E-state index in [-0.39, 0.29) is 17.5 Å². The maximum absolute atomic E-state index is 11.1. The number of benzene rings is 1. The first-order valence-corrected chi connectivity index (χ1v) is 11.1. The first-order chi connectivity index (χ1) is 16.6. The number of aromatic nitrogens is 2. The fourth-order valence-electron chi connectivity index (χ4n) is 2.38. The molecule has 0 saturated heterocycles. The molecule has 2 aromatic rings. The summed E-state index contributed by atoms with van der Waals surface area (Å²) in [7, 11) is 2.81. The lowest BCUT2D eigenvalue weighted by molar-refractivity contribution is -0.124. The molecule has 1 aromatic carbocycles. The Morgan fingerprint density at radius 1 is 1.23 bits per heavy atom. The Labute approximate surface area is 209 Å². The zero-order valence-corrected chi connectivity index (χ0v) is 21.8. The Balaban J connectivity index is 0. The molecule has 3 N–H and O–H groups in total. The minimum absolute atomic E-state index is 0.0180. The van der Waals surface area contributed by atoms with Crippen LogP contribution in [0.5, 0.6) is 0 Å². The highest BCUT2D eigenvalue weighted by Gasteiger charge is 2.18. The van der Waals surface area contributed by atoms with E-state index in [1.165, 1.54) is 29.7 Å². The monoisotopic (exact) mass is 485 g/mol. The van der Waals surface area contributed by atoms with Gasteiger partial charge in [0.25, 0.3) is 0 Å². The number of carbonyl (C=O) groups excluding carboxylic acids is 3. The second-order valence-corrected chi connectivity index (χ2v) is 8.40. The van der Waals surface area contributed by atoms with Crippen LogP contribution in [0.25, 0.3) is 0 Å². The van der Waals surface area contributed by atoms with E-state index in [0.717, 1.165) is 26.2 Å². The molecule has 2 unspecified atom stereocenters. The van der Waals surface area contributed by atoms with Crippen LogP contribution in [0.15, 0.2) is 42.9 Å². The molecule has 0 saturated carbocycles. The highest BCUT2D eigenvalue weighted by atomic mass is 16.2. The van der Waals surface area contributed by atoms with E-state index in [0.29, 0.717) is 12.0 Å². The van der Waals surface area contributed by atoms with Crippen LogP contribution in [0.2, 0.25) is 0 Å². The third-order valence-electron chi connectivity index (χ3n) is 4.15. The first kappa shape index (κ1) is 33.7. The smallest absolute Gasteiger partial charge is 0.237 e. The summed E-state index contributed by atoms with van der Waals surface area (Å²) in [5.74, 6) is -0.769. The van der Waals surface area contributed by atoms with Crippen molar-refractivity contribution in [3.63, 3.8) is 0 Å². The van der Waals surface area contributed by atoms with Crippen molar-refractivity contribution >= 4 is 18.5 Å². The van der Waals surface area contributed by atoms with Crippen molar-refractivity contribution in [1.82, 2.24) is 20.6 Å². The normalized spacial score (nSPS) is 11.3. The summed E-state index contributed by atoms with van der Waals surface area (Å²) in [6.07, 6.45) is 7.85. The third-order valence-corrected chi connectivity index (χ3v) is 4.15. The molecule has 9 nitrogen and oxygen atoms in total. The van der Waals surface area contributed by atoms with E-state index in [1.54, 1.807) is 6.92 Å². The number of hydrogen-bond acceptors (Lipinski definition) is 8. The van der Waals surface area contributed by atoms with Crippen LogP contribution in [0.4, 0.5) is 0 Å². The molecule has 192 valence electrons. The number of nitrogens with one attached hydrogen (secondary N) is 2. The van der Waals surface area contributed by atoms with E-state index >= 15 is 0 Å². The van der Waals surface area contributed by atoms with E-state index in [4.69, 9.17) is 10.4 Å². The van der Waals surface area contributed by atoms with Crippen LogP contribution in [-0.2, 0) is 16.0 Å². The number of aliphatic hydroxyl groups excluding tert-OH is 1. The number of aryl methyl sites for hydroxylation is 2. The highest BCUT2D eigenvalue weighted by molar-refractivity contribution is 5.81. The van der Waals surface area contributed by atoms with Gasteiger partial charge in [0.15, 0.2) is 6.29 Å². The minimum Gasteiger partial charge on any atom is -0.400 e. The van der Waals surface area contributed by atoms with Gasteiger partial charge in [0.2, 0.25) is 5.91 Å². The Morgan fingerprint density at radius 3 is 2.29 bits per heavy atom. The molecule has 1 heterocycles. The molecule has 0 aliphatic carbocycles. The zero-order valence-electron chi connectivity index (χ0n) is 21.8. The molecule has 2 rings (SSSR count). The maximum Gasteiger partial charge on any atom is 0.237 e. The number of carbonyl (C=O) groups is 3.